The van der Waals surface area contributed by atoms with Crippen LogP contribution in [0, 0.1) is 11.3 Å². The summed E-state index contributed by atoms with van der Waals surface area (Å²) in [6, 6.07) is 2.42. The molecular formula is C11H19N5. The van der Waals surface area contributed by atoms with Crippen molar-refractivity contribution in [2.24, 2.45) is 5.11 Å². The van der Waals surface area contributed by atoms with Gasteiger partial charge in [0.1, 0.15) is 5.54 Å². The summed E-state index contributed by atoms with van der Waals surface area (Å²) in [6.45, 7) is 1.01. The quantitative estimate of drug-likeness (QED) is 0.342. The fraction of sp³-hybridized carbons (Fsp3) is 0.909. The highest BCUT2D eigenvalue weighted by Crippen LogP contribution is 2.25. The number of hydrogen-bond acceptors (Lipinski definition) is 3. The van der Waals surface area contributed by atoms with Gasteiger partial charge in [0.25, 0.3) is 0 Å². The van der Waals surface area contributed by atoms with Crippen LogP contribution in [0.3, 0.4) is 0 Å². The van der Waals surface area contributed by atoms with Gasteiger partial charge >= 0.3 is 0 Å². The molecule has 1 saturated carbocycles. The van der Waals surface area contributed by atoms with Crippen LogP contribution < -0.4 is 5.32 Å². The Hall–Kier alpha value is -1.24. The molecule has 0 aromatic heterocycles. The number of azide groups is 1. The summed E-state index contributed by atoms with van der Waals surface area (Å²) < 4.78 is 0. The van der Waals surface area contributed by atoms with Gasteiger partial charge in [-0.3, -0.25) is 5.32 Å². The van der Waals surface area contributed by atoms with Gasteiger partial charge in [0, 0.05) is 18.0 Å². The Balaban J connectivity index is 2.45. The Morgan fingerprint density at radius 3 is 2.44 bits per heavy atom. The highest BCUT2D eigenvalue weighted by Gasteiger charge is 2.28. The van der Waals surface area contributed by atoms with E-state index in [1.54, 1.807) is 0 Å². The topological polar surface area (TPSA) is 84.6 Å². The minimum Gasteiger partial charge on any atom is -0.299 e. The van der Waals surface area contributed by atoms with Crippen molar-refractivity contribution < 1.29 is 0 Å². The van der Waals surface area contributed by atoms with E-state index in [1.807, 2.05) is 0 Å². The van der Waals surface area contributed by atoms with Crippen molar-refractivity contribution in [3.63, 3.8) is 0 Å². The summed E-state index contributed by atoms with van der Waals surface area (Å²) in [5.74, 6) is 0. The molecule has 5 nitrogen and oxygen atoms in total. The molecule has 5 heteroatoms. The Bertz CT molecular complexity index is 279. The molecule has 0 unspecified atom stereocenters. The number of rotatable bonds is 4. The Morgan fingerprint density at radius 1 is 1.25 bits per heavy atom. The molecule has 0 aliphatic heterocycles. The average molecular weight is 221 g/mol. The molecule has 0 saturated heterocycles. The van der Waals surface area contributed by atoms with Gasteiger partial charge in [-0.15, -0.1) is 0 Å². The van der Waals surface area contributed by atoms with Crippen LogP contribution >= 0.6 is 0 Å². The van der Waals surface area contributed by atoms with E-state index in [0.29, 0.717) is 13.1 Å². The maximum absolute atomic E-state index is 9.30. The van der Waals surface area contributed by atoms with Crippen LogP contribution in [0.4, 0.5) is 0 Å². The van der Waals surface area contributed by atoms with Gasteiger partial charge in [-0.1, -0.05) is 37.2 Å². The predicted molar refractivity (Wildman–Crippen MR) is 62.7 cm³/mol. The van der Waals surface area contributed by atoms with Crippen molar-refractivity contribution in [1.82, 2.24) is 5.32 Å². The maximum atomic E-state index is 9.30. The average Bonchev–Trinajstić information content (AvgIpc) is 2.27. The van der Waals surface area contributed by atoms with E-state index in [0.717, 1.165) is 25.7 Å². The van der Waals surface area contributed by atoms with Gasteiger partial charge in [0.2, 0.25) is 0 Å². The van der Waals surface area contributed by atoms with Crippen LogP contribution in [0.1, 0.15) is 44.9 Å². The Kier molecular flexibility index (Phi) is 5.69. The first-order chi connectivity index (χ1) is 7.83. The third-order valence-corrected chi connectivity index (χ3v) is 3.16. The minimum absolute atomic E-state index is 0.384. The van der Waals surface area contributed by atoms with Crippen LogP contribution in [0.2, 0.25) is 0 Å². The molecule has 0 radical (unpaired) electrons. The van der Waals surface area contributed by atoms with Crippen molar-refractivity contribution in [3.8, 4) is 6.07 Å². The van der Waals surface area contributed by atoms with Crippen LogP contribution in [0.15, 0.2) is 5.11 Å². The molecule has 1 N–H and O–H groups in total. The molecule has 0 aromatic carbocycles. The Morgan fingerprint density at radius 2 is 1.88 bits per heavy atom. The molecule has 0 bridgehead atoms. The van der Waals surface area contributed by atoms with Crippen molar-refractivity contribution in [2.75, 3.05) is 13.1 Å². The van der Waals surface area contributed by atoms with Crippen molar-refractivity contribution in [1.29, 1.82) is 5.26 Å². The van der Waals surface area contributed by atoms with E-state index >= 15 is 0 Å². The monoisotopic (exact) mass is 221 g/mol. The first-order valence-corrected chi connectivity index (χ1v) is 6.00. The predicted octanol–water partition coefficient (Wildman–Crippen LogP) is 2.89. The molecule has 88 valence electrons. The maximum Gasteiger partial charge on any atom is 0.106 e. The van der Waals surface area contributed by atoms with Gasteiger partial charge < -0.3 is 0 Å². The van der Waals surface area contributed by atoms with Crippen LogP contribution in [-0.2, 0) is 0 Å². The number of nitrogens with one attached hydrogen (secondary N) is 1. The zero-order valence-corrected chi connectivity index (χ0v) is 9.65. The summed E-state index contributed by atoms with van der Waals surface area (Å²) in [7, 11) is 0. The van der Waals surface area contributed by atoms with E-state index in [2.05, 4.69) is 21.4 Å². The highest BCUT2D eigenvalue weighted by molar-refractivity contribution is 5.07. The largest absolute Gasteiger partial charge is 0.299 e. The van der Waals surface area contributed by atoms with E-state index in [9.17, 15) is 5.26 Å². The summed E-state index contributed by atoms with van der Waals surface area (Å²) in [6.07, 6.45) is 7.80. The normalized spacial score (nSPS) is 19.9. The first kappa shape index (κ1) is 12.8. The number of nitrogens with zero attached hydrogens (tertiary/aromatic N) is 4. The molecule has 1 aliphatic rings. The van der Waals surface area contributed by atoms with Gasteiger partial charge in [-0.05, 0) is 18.4 Å². The Labute approximate surface area is 96.5 Å². The second-order valence-corrected chi connectivity index (χ2v) is 4.34. The zero-order valence-electron chi connectivity index (χ0n) is 9.65. The van der Waals surface area contributed by atoms with E-state index in [4.69, 9.17) is 5.53 Å². The summed E-state index contributed by atoms with van der Waals surface area (Å²) in [5, 5.41) is 16.0. The SMILES string of the molecule is N#CC1(NCCN=[N+]=[N-])CCCCCCC1. The molecule has 0 atom stereocenters. The third-order valence-electron chi connectivity index (χ3n) is 3.16. The molecule has 1 aliphatic carbocycles. The molecule has 0 amide bonds. The lowest BCUT2D eigenvalue weighted by Gasteiger charge is -2.29. The van der Waals surface area contributed by atoms with Crippen molar-refractivity contribution in [3.05, 3.63) is 10.4 Å². The van der Waals surface area contributed by atoms with E-state index in [1.165, 1.54) is 19.3 Å². The van der Waals surface area contributed by atoms with Crippen LogP contribution in [0.5, 0.6) is 0 Å². The lowest BCUT2D eigenvalue weighted by Crippen LogP contribution is -2.45. The fourth-order valence-electron chi connectivity index (χ4n) is 2.23. The first-order valence-electron chi connectivity index (χ1n) is 6.00. The fourth-order valence-corrected chi connectivity index (χ4v) is 2.23. The summed E-state index contributed by atoms with van der Waals surface area (Å²) >= 11 is 0. The lowest BCUT2D eigenvalue weighted by molar-refractivity contribution is 0.320. The molecule has 0 spiro atoms. The number of nitriles is 1. The smallest absolute Gasteiger partial charge is 0.106 e. The lowest BCUT2D eigenvalue weighted by atomic mass is 9.85. The van der Waals surface area contributed by atoms with Crippen molar-refractivity contribution >= 4 is 0 Å². The molecular weight excluding hydrogens is 202 g/mol. The second-order valence-electron chi connectivity index (χ2n) is 4.34. The van der Waals surface area contributed by atoms with Crippen LogP contribution in [0.25, 0.3) is 10.4 Å². The van der Waals surface area contributed by atoms with Gasteiger partial charge in [0.05, 0.1) is 6.07 Å². The molecule has 16 heavy (non-hydrogen) atoms. The summed E-state index contributed by atoms with van der Waals surface area (Å²) in [4.78, 5) is 2.70. The molecule has 1 fully saturated rings. The van der Waals surface area contributed by atoms with Gasteiger partial charge in [-0.25, -0.2) is 0 Å². The molecule has 1 rings (SSSR count). The highest BCUT2D eigenvalue weighted by atomic mass is 15.1. The second kappa shape index (κ2) is 7.10. The van der Waals surface area contributed by atoms with Crippen LogP contribution in [-0.4, -0.2) is 18.6 Å². The zero-order chi connectivity index (χ0) is 11.7. The standard InChI is InChI=1S/C11H19N5/c12-10-11(14-8-9-15-16-13)6-4-2-1-3-5-7-11/h14H,1-9H2. The van der Waals surface area contributed by atoms with Gasteiger partial charge in [0.15, 0.2) is 0 Å². The third kappa shape index (κ3) is 4.09. The number of hydrogen-bond donors (Lipinski definition) is 1. The van der Waals surface area contributed by atoms with E-state index < -0.39 is 0 Å². The van der Waals surface area contributed by atoms with E-state index in [-0.39, 0.29) is 5.54 Å². The summed E-state index contributed by atoms with van der Waals surface area (Å²) in [5.41, 5.74) is 7.79. The van der Waals surface area contributed by atoms with Gasteiger partial charge in [-0.2, -0.15) is 5.26 Å². The molecule has 0 aromatic rings. The minimum atomic E-state index is -0.384. The molecule has 0 heterocycles. The van der Waals surface area contributed by atoms with Crippen molar-refractivity contribution in [2.45, 2.75) is 50.5 Å².